The van der Waals surface area contributed by atoms with E-state index < -0.39 is 0 Å². The lowest BCUT2D eigenvalue weighted by molar-refractivity contribution is 0.296. The number of hydrogen-bond acceptors (Lipinski definition) is 5. The van der Waals surface area contributed by atoms with Crippen LogP contribution in [0.4, 0.5) is 0 Å². The Balaban J connectivity index is 1.93. The monoisotopic (exact) mass is 386 g/mol. The first kappa shape index (κ1) is 17.8. The number of thioether (sulfide) groups is 1. The lowest BCUT2D eigenvalue weighted by atomic mass is 9.97. The summed E-state index contributed by atoms with van der Waals surface area (Å²) in [4.78, 5) is 20.6. The summed E-state index contributed by atoms with van der Waals surface area (Å²) >= 11 is 3.23. The Kier molecular flexibility index (Phi) is 5.16. The van der Waals surface area contributed by atoms with Gasteiger partial charge in [0.25, 0.3) is 5.56 Å². The molecular formula is C20H22N2O2S2. The average molecular weight is 387 g/mol. The molecule has 26 heavy (non-hydrogen) atoms. The number of hydrogen-bond donors (Lipinski definition) is 1. The van der Waals surface area contributed by atoms with Gasteiger partial charge in [-0.3, -0.25) is 9.36 Å². The van der Waals surface area contributed by atoms with Crippen molar-refractivity contribution >= 4 is 33.3 Å². The van der Waals surface area contributed by atoms with Crippen molar-refractivity contribution in [2.45, 2.75) is 44.2 Å². The van der Waals surface area contributed by atoms with Gasteiger partial charge in [-0.25, -0.2) is 4.98 Å². The van der Waals surface area contributed by atoms with Gasteiger partial charge in [-0.1, -0.05) is 29.5 Å². The minimum Gasteiger partial charge on any atom is -0.396 e. The second-order valence-electron chi connectivity index (χ2n) is 6.69. The number of fused-ring (bicyclic) bond motifs is 3. The molecular weight excluding hydrogens is 364 g/mol. The first-order valence-electron chi connectivity index (χ1n) is 9.07. The van der Waals surface area contributed by atoms with E-state index in [2.05, 4.69) is 0 Å². The van der Waals surface area contributed by atoms with E-state index in [9.17, 15) is 4.79 Å². The van der Waals surface area contributed by atoms with E-state index >= 15 is 0 Å². The molecule has 2 aromatic heterocycles. The molecule has 0 amide bonds. The van der Waals surface area contributed by atoms with Crippen LogP contribution in [0.3, 0.4) is 0 Å². The number of benzene rings is 1. The smallest absolute Gasteiger partial charge is 0.267 e. The van der Waals surface area contributed by atoms with E-state index in [1.807, 2.05) is 31.2 Å². The maximum atomic E-state index is 13.5. The summed E-state index contributed by atoms with van der Waals surface area (Å²) in [5.74, 6) is 0.741. The van der Waals surface area contributed by atoms with Crippen LogP contribution in [0.15, 0.2) is 34.2 Å². The SMILES string of the molecule is Cc1ccc(-n2c(SCCCO)nc3sc4c(c3c2=O)CCCC4)cc1. The first-order valence-corrected chi connectivity index (χ1v) is 10.9. The number of aryl methyl sites for hydroxylation is 3. The van der Waals surface area contributed by atoms with Gasteiger partial charge in [0.15, 0.2) is 5.16 Å². The Labute approximate surface area is 160 Å². The maximum absolute atomic E-state index is 13.5. The van der Waals surface area contributed by atoms with Crippen molar-refractivity contribution in [1.82, 2.24) is 9.55 Å². The quantitative estimate of drug-likeness (QED) is 0.407. The fourth-order valence-electron chi connectivity index (χ4n) is 3.43. The van der Waals surface area contributed by atoms with Crippen molar-refractivity contribution in [1.29, 1.82) is 0 Å². The summed E-state index contributed by atoms with van der Waals surface area (Å²) in [5, 5.41) is 10.6. The third-order valence-electron chi connectivity index (χ3n) is 4.78. The fourth-order valence-corrected chi connectivity index (χ4v) is 5.67. The molecule has 0 saturated carbocycles. The molecule has 2 heterocycles. The largest absolute Gasteiger partial charge is 0.396 e. The standard InChI is InChI=1S/C20H22N2O2S2/c1-13-7-9-14(10-8-13)22-19(24)17-15-5-2-3-6-16(15)26-18(17)21-20(22)25-12-4-11-23/h7-10,23H,2-6,11-12H2,1H3. The van der Waals surface area contributed by atoms with Gasteiger partial charge in [-0.05, 0) is 56.7 Å². The van der Waals surface area contributed by atoms with Crippen molar-refractivity contribution in [3.05, 3.63) is 50.6 Å². The van der Waals surface area contributed by atoms with Crippen molar-refractivity contribution < 1.29 is 5.11 Å². The maximum Gasteiger partial charge on any atom is 0.267 e. The molecule has 0 spiro atoms. The zero-order chi connectivity index (χ0) is 18.1. The second kappa shape index (κ2) is 7.55. The second-order valence-corrected chi connectivity index (χ2v) is 8.83. The van der Waals surface area contributed by atoms with Crippen molar-refractivity contribution in [2.24, 2.45) is 0 Å². The molecule has 1 aliphatic carbocycles. The van der Waals surface area contributed by atoms with Crippen molar-refractivity contribution in [2.75, 3.05) is 12.4 Å². The molecule has 0 atom stereocenters. The van der Waals surface area contributed by atoms with Crippen LogP contribution in [0.1, 0.15) is 35.3 Å². The van der Waals surface area contributed by atoms with Crippen LogP contribution in [0, 0.1) is 6.92 Å². The van der Waals surface area contributed by atoms with Gasteiger partial charge in [-0.15, -0.1) is 11.3 Å². The summed E-state index contributed by atoms with van der Waals surface area (Å²) in [6.45, 7) is 2.19. The molecule has 0 radical (unpaired) electrons. The lowest BCUT2D eigenvalue weighted by Gasteiger charge is -2.13. The van der Waals surface area contributed by atoms with E-state index in [1.165, 1.54) is 22.4 Å². The Hall–Kier alpha value is -1.63. The summed E-state index contributed by atoms with van der Waals surface area (Å²) in [7, 11) is 0. The molecule has 4 rings (SSSR count). The summed E-state index contributed by atoms with van der Waals surface area (Å²) < 4.78 is 1.76. The van der Waals surface area contributed by atoms with Gasteiger partial charge in [0.1, 0.15) is 4.83 Å². The Bertz CT molecular complexity index is 990. The number of rotatable bonds is 5. The number of nitrogens with zero attached hydrogens (tertiary/aromatic N) is 2. The molecule has 0 saturated heterocycles. The molecule has 0 fully saturated rings. The molecule has 6 heteroatoms. The summed E-state index contributed by atoms with van der Waals surface area (Å²) in [5.41, 5.74) is 3.29. The van der Waals surface area contributed by atoms with E-state index in [0.29, 0.717) is 6.42 Å². The fraction of sp³-hybridized carbons (Fsp3) is 0.400. The van der Waals surface area contributed by atoms with Crippen LogP contribution in [-0.2, 0) is 12.8 Å². The lowest BCUT2D eigenvalue weighted by Crippen LogP contribution is -2.22. The zero-order valence-corrected chi connectivity index (χ0v) is 16.5. The van der Waals surface area contributed by atoms with E-state index in [4.69, 9.17) is 10.1 Å². The molecule has 3 aromatic rings. The number of aliphatic hydroxyl groups is 1. The molecule has 4 nitrogen and oxygen atoms in total. The normalized spacial score (nSPS) is 13.9. The third kappa shape index (κ3) is 3.21. The molecule has 1 aromatic carbocycles. The highest BCUT2D eigenvalue weighted by atomic mass is 32.2. The van der Waals surface area contributed by atoms with Crippen LogP contribution in [0.5, 0.6) is 0 Å². The van der Waals surface area contributed by atoms with Crippen molar-refractivity contribution in [3.63, 3.8) is 0 Å². The van der Waals surface area contributed by atoms with Crippen LogP contribution < -0.4 is 5.56 Å². The minimum atomic E-state index is 0.0461. The molecule has 136 valence electrons. The molecule has 1 aliphatic rings. The molecule has 0 unspecified atom stereocenters. The number of aliphatic hydroxyl groups excluding tert-OH is 1. The summed E-state index contributed by atoms with van der Waals surface area (Å²) in [6, 6.07) is 8.02. The zero-order valence-electron chi connectivity index (χ0n) is 14.8. The highest BCUT2D eigenvalue weighted by Gasteiger charge is 2.22. The van der Waals surface area contributed by atoms with Gasteiger partial charge in [0.2, 0.25) is 0 Å². The summed E-state index contributed by atoms with van der Waals surface area (Å²) in [6.07, 6.45) is 5.08. The van der Waals surface area contributed by atoms with Gasteiger partial charge >= 0.3 is 0 Å². The van der Waals surface area contributed by atoms with Gasteiger partial charge in [-0.2, -0.15) is 0 Å². The van der Waals surface area contributed by atoms with E-state index in [1.54, 1.807) is 27.7 Å². The third-order valence-corrected chi connectivity index (χ3v) is 6.99. The predicted molar refractivity (Wildman–Crippen MR) is 109 cm³/mol. The first-order chi connectivity index (χ1) is 12.7. The van der Waals surface area contributed by atoms with E-state index in [0.717, 1.165) is 46.1 Å². The number of aromatic nitrogens is 2. The van der Waals surface area contributed by atoms with Crippen molar-refractivity contribution in [3.8, 4) is 5.69 Å². The average Bonchev–Trinajstić information content (AvgIpc) is 3.02. The van der Waals surface area contributed by atoms with Crippen LogP contribution >= 0.6 is 23.1 Å². The Morgan fingerprint density at radius 1 is 1.23 bits per heavy atom. The number of thiophene rings is 1. The Morgan fingerprint density at radius 3 is 2.77 bits per heavy atom. The molecule has 1 N–H and O–H groups in total. The predicted octanol–water partition coefficient (Wildman–Crippen LogP) is 4.11. The van der Waals surface area contributed by atoms with Gasteiger partial charge in [0, 0.05) is 17.2 Å². The van der Waals surface area contributed by atoms with Crippen LogP contribution in [0.2, 0.25) is 0 Å². The van der Waals surface area contributed by atoms with Gasteiger partial charge < -0.3 is 5.11 Å². The molecule has 0 bridgehead atoms. The molecule has 0 aliphatic heterocycles. The van der Waals surface area contributed by atoms with Crippen LogP contribution in [0.25, 0.3) is 15.9 Å². The highest BCUT2D eigenvalue weighted by Crippen LogP contribution is 2.35. The highest BCUT2D eigenvalue weighted by molar-refractivity contribution is 7.99. The van der Waals surface area contributed by atoms with Gasteiger partial charge in [0.05, 0.1) is 11.1 Å². The Morgan fingerprint density at radius 2 is 2.00 bits per heavy atom. The van der Waals surface area contributed by atoms with Crippen LogP contribution in [-0.4, -0.2) is 27.0 Å². The topological polar surface area (TPSA) is 55.1 Å². The minimum absolute atomic E-state index is 0.0461. The van der Waals surface area contributed by atoms with E-state index in [-0.39, 0.29) is 12.2 Å².